The van der Waals surface area contributed by atoms with Crippen molar-refractivity contribution >= 4 is 23.6 Å². The summed E-state index contributed by atoms with van der Waals surface area (Å²) in [6.45, 7) is 6.31. The molecule has 0 radical (unpaired) electrons. The van der Waals surface area contributed by atoms with Gasteiger partial charge in [-0.05, 0) is 54.4 Å². The van der Waals surface area contributed by atoms with Crippen LogP contribution in [-0.4, -0.2) is 32.3 Å². The number of thiophene rings is 1. The van der Waals surface area contributed by atoms with E-state index in [0.717, 1.165) is 55.7 Å². The van der Waals surface area contributed by atoms with E-state index in [9.17, 15) is 0 Å². The Labute approximate surface area is 176 Å². The second-order valence-electron chi connectivity index (χ2n) is 7.78. The fraction of sp³-hybridized carbons (Fsp3) is 0.455. The highest BCUT2D eigenvalue weighted by Crippen LogP contribution is 2.18. The average Bonchev–Trinajstić information content (AvgIpc) is 3.32. The third kappa shape index (κ3) is 4.80. The van der Waals surface area contributed by atoms with Gasteiger partial charge in [-0.2, -0.15) is 5.10 Å². The highest BCUT2D eigenvalue weighted by atomic mass is 32.1. The summed E-state index contributed by atoms with van der Waals surface area (Å²) in [6, 6.07) is 14.9. The molecule has 4 nitrogen and oxygen atoms in total. The van der Waals surface area contributed by atoms with Crippen LogP contribution in [0.5, 0.6) is 0 Å². The lowest BCUT2D eigenvalue weighted by Crippen LogP contribution is -2.34. The van der Waals surface area contributed by atoms with Gasteiger partial charge in [-0.3, -0.25) is 4.90 Å². The summed E-state index contributed by atoms with van der Waals surface area (Å²) in [5.41, 5.74) is 1.34. The SMILES string of the molecule is CC1CCN(Cn2nc(Cc3cccs3)n(CCc3ccccc3)c2=S)CC1. The summed E-state index contributed by atoms with van der Waals surface area (Å²) < 4.78 is 5.13. The van der Waals surface area contributed by atoms with Crippen LogP contribution in [0, 0.1) is 10.7 Å². The van der Waals surface area contributed by atoms with Crippen LogP contribution in [0.2, 0.25) is 0 Å². The fourth-order valence-electron chi connectivity index (χ4n) is 3.78. The maximum Gasteiger partial charge on any atom is 0.199 e. The monoisotopic (exact) mass is 412 g/mol. The highest BCUT2D eigenvalue weighted by molar-refractivity contribution is 7.71. The Morgan fingerprint density at radius 3 is 2.61 bits per heavy atom. The number of likely N-dealkylation sites (tertiary alicyclic amines) is 1. The molecular weight excluding hydrogens is 384 g/mol. The average molecular weight is 413 g/mol. The highest BCUT2D eigenvalue weighted by Gasteiger charge is 2.18. The predicted octanol–water partition coefficient (Wildman–Crippen LogP) is 5.00. The van der Waals surface area contributed by atoms with E-state index in [-0.39, 0.29) is 0 Å². The van der Waals surface area contributed by atoms with E-state index >= 15 is 0 Å². The van der Waals surface area contributed by atoms with Crippen LogP contribution in [0.15, 0.2) is 47.8 Å². The lowest BCUT2D eigenvalue weighted by atomic mass is 10.00. The van der Waals surface area contributed by atoms with Crippen LogP contribution < -0.4 is 0 Å². The lowest BCUT2D eigenvalue weighted by molar-refractivity contribution is 0.145. The molecule has 1 aliphatic heterocycles. The standard InChI is InChI=1S/C22H28N4S2/c1-18-9-12-24(13-10-18)17-26-22(27)25(14-11-19-6-3-2-4-7-19)21(23-26)16-20-8-5-15-28-20/h2-8,15,18H,9-14,16-17H2,1H3. The summed E-state index contributed by atoms with van der Waals surface area (Å²) in [5.74, 6) is 1.91. The van der Waals surface area contributed by atoms with Crippen molar-refractivity contribution in [1.82, 2.24) is 19.2 Å². The zero-order valence-electron chi connectivity index (χ0n) is 16.5. The fourth-order valence-corrected chi connectivity index (χ4v) is 4.78. The van der Waals surface area contributed by atoms with E-state index in [0.29, 0.717) is 0 Å². The summed E-state index contributed by atoms with van der Waals surface area (Å²) in [4.78, 5) is 3.82. The Kier molecular flexibility index (Phi) is 6.40. The molecule has 3 aromatic rings. The molecule has 1 aliphatic rings. The first kappa shape index (κ1) is 19.6. The quantitative estimate of drug-likeness (QED) is 0.511. The summed E-state index contributed by atoms with van der Waals surface area (Å²) in [7, 11) is 0. The lowest BCUT2D eigenvalue weighted by Gasteiger charge is -2.29. The van der Waals surface area contributed by atoms with Crippen molar-refractivity contribution in [2.75, 3.05) is 13.1 Å². The molecule has 0 N–H and O–H groups in total. The van der Waals surface area contributed by atoms with Gasteiger partial charge < -0.3 is 4.57 Å². The van der Waals surface area contributed by atoms with Crippen LogP contribution in [0.4, 0.5) is 0 Å². The van der Waals surface area contributed by atoms with Crippen molar-refractivity contribution in [3.05, 3.63) is 68.9 Å². The molecule has 0 saturated carbocycles. The topological polar surface area (TPSA) is 26.0 Å². The van der Waals surface area contributed by atoms with Crippen molar-refractivity contribution in [3.8, 4) is 0 Å². The first-order chi connectivity index (χ1) is 13.7. The van der Waals surface area contributed by atoms with Gasteiger partial charge in [0.15, 0.2) is 4.77 Å². The van der Waals surface area contributed by atoms with Crippen LogP contribution in [0.3, 0.4) is 0 Å². The Balaban J connectivity index is 1.54. The van der Waals surface area contributed by atoms with Gasteiger partial charge in [0.2, 0.25) is 0 Å². The van der Waals surface area contributed by atoms with E-state index in [2.05, 4.69) is 64.2 Å². The Bertz CT molecular complexity index is 919. The van der Waals surface area contributed by atoms with E-state index in [1.165, 1.54) is 23.3 Å². The van der Waals surface area contributed by atoms with Gasteiger partial charge in [0, 0.05) is 30.9 Å². The van der Waals surface area contributed by atoms with E-state index in [1.54, 1.807) is 11.3 Å². The predicted molar refractivity (Wildman–Crippen MR) is 118 cm³/mol. The number of hydrogen-bond donors (Lipinski definition) is 0. The molecule has 0 aliphatic carbocycles. The Morgan fingerprint density at radius 2 is 1.89 bits per heavy atom. The zero-order chi connectivity index (χ0) is 19.3. The molecule has 2 aromatic heterocycles. The number of hydrogen-bond acceptors (Lipinski definition) is 4. The van der Waals surface area contributed by atoms with Gasteiger partial charge >= 0.3 is 0 Å². The maximum atomic E-state index is 5.86. The first-order valence-electron chi connectivity index (χ1n) is 10.1. The molecular formula is C22H28N4S2. The molecule has 1 fully saturated rings. The molecule has 0 bridgehead atoms. The number of aryl methyl sites for hydroxylation is 1. The molecule has 0 amide bonds. The van der Waals surface area contributed by atoms with Gasteiger partial charge in [0.25, 0.3) is 0 Å². The molecule has 3 heterocycles. The van der Waals surface area contributed by atoms with Crippen LogP contribution in [-0.2, 0) is 26.1 Å². The van der Waals surface area contributed by atoms with Gasteiger partial charge in [-0.25, -0.2) is 4.68 Å². The van der Waals surface area contributed by atoms with E-state index in [4.69, 9.17) is 17.3 Å². The number of rotatable bonds is 7. The number of piperidine rings is 1. The number of nitrogens with zero attached hydrogens (tertiary/aromatic N) is 4. The minimum absolute atomic E-state index is 0.807. The van der Waals surface area contributed by atoms with Crippen LogP contribution >= 0.6 is 23.6 Å². The third-order valence-corrected chi connectivity index (χ3v) is 6.90. The molecule has 0 unspecified atom stereocenters. The summed E-state index contributed by atoms with van der Waals surface area (Å²) >= 11 is 7.64. The van der Waals surface area contributed by atoms with Gasteiger partial charge in [0.1, 0.15) is 5.82 Å². The van der Waals surface area contributed by atoms with E-state index in [1.807, 2.05) is 4.68 Å². The Hall–Kier alpha value is -1.76. The summed E-state index contributed by atoms with van der Waals surface area (Å²) in [6.07, 6.45) is 4.35. The molecule has 1 aromatic carbocycles. The molecule has 148 valence electrons. The molecule has 4 rings (SSSR count). The van der Waals surface area contributed by atoms with Crippen molar-refractivity contribution in [3.63, 3.8) is 0 Å². The molecule has 0 atom stereocenters. The van der Waals surface area contributed by atoms with Crippen molar-refractivity contribution in [2.24, 2.45) is 5.92 Å². The number of aromatic nitrogens is 3. The van der Waals surface area contributed by atoms with Crippen molar-refractivity contribution in [1.29, 1.82) is 0 Å². The Morgan fingerprint density at radius 1 is 1.11 bits per heavy atom. The normalized spacial score (nSPS) is 15.9. The third-order valence-electron chi connectivity index (χ3n) is 5.59. The largest absolute Gasteiger partial charge is 0.303 e. The van der Waals surface area contributed by atoms with Crippen molar-refractivity contribution < 1.29 is 0 Å². The smallest absolute Gasteiger partial charge is 0.199 e. The minimum Gasteiger partial charge on any atom is -0.303 e. The van der Waals surface area contributed by atoms with Gasteiger partial charge in [-0.1, -0.05) is 43.3 Å². The van der Waals surface area contributed by atoms with Crippen molar-refractivity contribution in [2.45, 2.75) is 45.8 Å². The second-order valence-corrected chi connectivity index (χ2v) is 9.18. The van der Waals surface area contributed by atoms with Crippen LogP contribution in [0.25, 0.3) is 0 Å². The molecule has 0 spiro atoms. The molecule has 1 saturated heterocycles. The molecule has 6 heteroatoms. The summed E-state index contributed by atoms with van der Waals surface area (Å²) in [5, 5.41) is 7.08. The van der Waals surface area contributed by atoms with E-state index < -0.39 is 0 Å². The van der Waals surface area contributed by atoms with Gasteiger partial charge in [-0.15, -0.1) is 11.3 Å². The second kappa shape index (κ2) is 9.16. The minimum atomic E-state index is 0.807. The number of benzene rings is 1. The first-order valence-corrected chi connectivity index (χ1v) is 11.4. The maximum absolute atomic E-state index is 5.86. The zero-order valence-corrected chi connectivity index (χ0v) is 18.1. The molecule has 28 heavy (non-hydrogen) atoms. The van der Waals surface area contributed by atoms with Crippen LogP contribution in [0.1, 0.15) is 36.0 Å². The van der Waals surface area contributed by atoms with Gasteiger partial charge in [0.05, 0.1) is 6.67 Å².